The number of rotatable bonds is 28. The first kappa shape index (κ1) is 42.0. The molecule has 0 amide bonds. The summed E-state index contributed by atoms with van der Waals surface area (Å²) in [5.74, 6) is -1.01. The third kappa shape index (κ3) is 31.4. The lowest BCUT2D eigenvalue weighted by molar-refractivity contribution is -0.870. The average molecular weight is 643 g/mol. The molecule has 0 rings (SSSR count). The van der Waals surface area contributed by atoms with Crippen molar-refractivity contribution in [1.82, 2.24) is 0 Å². The van der Waals surface area contributed by atoms with E-state index >= 15 is 0 Å². The van der Waals surface area contributed by atoms with Gasteiger partial charge in [0.1, 0.15) is 19.8 Å². The molecule has 0 radical (unpaired) electrons. The van der Waals surface area contributed by atoms with Crippen LogP contribution in [0.3, 0.4) is 0 Å². The number of nitrogens with zero attached hydrogens (tertiary/aromatic N) is 1. The summed E-state index contributed by atoms with van der Waals surface area (Å²) in [6.45, 7) is 3.23. The van der Waals surface area contributed by atoms with Gasteiger partial charge in [-0.2, -0.15) is 0 Å². The largest absolute Gasteiger partial charge is 0.472 e. The number of quaternary nitrogens is 1. The number of carbonyl (C=O) groups excluding carboxylic acids is 2. The summed E-state index contributed by atoms with van der Waals surface area (Å²) in [5.41, 5.74) is 0. The second-order valence-electron chi connectivity index (χ2n) is 11.9. The summed E-state index contributed by atoms with van der Waals surface area (Å²) < 4.78 is 33.0. The van der Waals surface area contributed by atoms with Crippen molar-refractivity contribution >= 4 is 19.8 Å². The first-order valence-electron chi connectivity index (χ1n) is 16.3. The summed E-state index contributed by atoms with van der Waals surface area (Å²) in [7, 11) is 1.45. The molecule has 0 saturated carbocycles. The van der Waals surface area contributed by atoms with E-state index in [2.05, 4.69) is 55.5 Å². The maximum Gasteiger partial charge on any atom is 0.472 e. The van der Waals surface area contributed by atoms with Crippen molar-refractivity contribution < 1.29 is 42.1 Å². The topological polar surface area (TPSA) is 108 Å². The molecule has 10 heteroatoms. The summed E-state index contributed by atoms with van der Waals surface area (Å²) in [5, 5.41) is 0. The van der Waals surface area contributed by atoms with Crippen LogP contribution in [0.2, 0.25) is 0 Å². The summed E-state index contributed by atoms with van der Waals surface area (Å²) in [6.07, 6.45) is 30.9. The molecular formula is C34H61NO8P+. The first-order valence-corrected chi connectivity index (χ1v) is 17.8. The summed E-state index contributed by atoms with van der Waals surface area (Å²) in [4.78, 5) is 33.4. The normalized spacial score (nSPS) is 14.6. The lowest BCUT2D eigenvalue weighted by Gasteiger charge is -2.24. The van der Waals surface area contributed by atoms with Crippen LogP contribution in [0.15, 0.2) is 48.6 Å². The molecule has 0 aromatic heterocycles. The van der Waals surface area contributed by atoms with E-state index in [0.29, 0.717) is 17.4 Å². The molecule has 0 spiro atoms. The highest BCUT2D eigenvalue weighted by Gasteiger charge is 2.26. The molecule has 1 N–H and O–H groups in total. The summed E-state index contributed by atoms with van der Waals surface area (Å²) in [6, 6.07) is 0. The van der Waals surface area contributed by atoms with Crippen LogP contribution < -0.4 is 0 Å². The predicted octanol–water partition coefficient (Wildman–Crippen LogP) is 8.01. The van der Waals surface area contributed by atoms with Gasteiger partial charge in [-0.3, -0.25) is 18.6 Å². The molecule has 0 saturated heterocycles. The average Bonchev–Trinajstić information content (AvgIpc) is 2.94. The third-order valence-electron chi connectivity index (χ3n) is 6.43. The zero-order valence-electron chi connectivity index (χ0n) is 28.1. The fraction of sp³-hybridized carbons (Fsp3) is 0.706. The minimum atomic E-state index is -4.33. The van der Waals surface area contributed by atoms with Gasteiger partial charge in [0.25, 0.3) is 0 Å². The molecule has 0 aliphatic carbocycles. The Hall–Kier alpha value is -2.03. The molecule has 9 nitrogen and oxygen atoms in total. The van der Waals surface area contributed by atoms with Gasteiger partial charge in [-0.15, -0.1) is 0 Å². The van der Waals surface area contributed by atoms with Crippen LogP contribution in [0.5, 0.6) is 0 Å². The highest BCUT2D eigenvalue weighted by molar-refractivity contribution is 7.47. The van der Waals surface area contributed by atoms with E-state index < -0.39 is 32.5 Å². The van der Waals surface area contributed by atoms with Gasteiger partial charge >= 0.3 is 19.8 Å². The number of likely N-dealkylation sites (N-methyl/N-ethyl adjacent to an activating group) is 1. The lowest BCUT2D eigenvalue weighted by atomic mass is 10.1. The van der Waals surface area contributed by atoms with Crippen LogP contribution in [0.1, 0.15) is 104 Å². The smallest absolute Gasteiger partial charge is 0.462 e. The molecule has 2 atom stereocenters. The number of unbranched alkanes of at least 4 members (excludes halogenated alkanes) is 8. The fourth-order valence-corrected chi connectivity index (χ4v) is 4.65. The van der Waals surface area contributed by atoms with Crippen LogP contribution in [0.4, 0.5) is 0 Å². The van der Waals surface area contributed by atoms with Crippen molar-refractivity contribution in [3.05, 3.63) is 48.6 Å². The number of hydrogen-bond donors (Lipinski definition) is 1. The van der Waals surface area contributed by atoms with E-state index in [0.717, 1.165) is 51.4 Å². The van der Waals surface area contributed by atoms with Crippen molar-refractivity contribution in [3.63, 3.8) is 0 Å². The highest BCUT2D eigenvalue weighted by Crippen LogP contribution is 2.43. The van der Waals surface area contributed by atoms with Crippen LogP contribution in [-0.4, -0.2) is 74.9 Å². The van der Waals surface area contributed by atoms with Crippen LogP contribution in [-0.2, 0) is 32.7 Å². The van der Waals surface area contributed by atoms with Gasteiger partial charge in [-0.05, 0) is 44.9 Å². The highest BCUT2D eigenvalue weighted by atomic mass is 31.2. The summed E-state index contributed by atoms with van der Waals surface area (Å²) >= 11 is 0. The van der Waals surface area contributed by atoms with E-state index in [9.17, 15) is 19.0 Å². The number of ether oxygens (including phenoxy) is 2. The Morgan fingerprint density at radius 3 is 1.82 bits per heavy atom. The standard InChI is InChI=1S/C34H60NO8P/c1-6-7-8-9-10-11-12-13-14-15-16-17-18-19-20-21-22-23-24-25-26-27-34(37)43-33(30-40-32(2)36)31-42-44(38,39)41-29-28-35(3,4)5/h7-8,10-11,13-14,16-17,33H,6,9,12,15,18-31H2,1-5H3/p+1/b8-7-,11-10-,14-13-,17-16-. The van der Waals surface area contributed by atoms with Gasteiger partial charge in [0.2, 0.25) is 0 Å². The number of phosphoric acid groups is 1. The molecule has 0 bridgehead atoms. The number of hydrogen-bond acceptors (Lipinski definition) is 7. The molecule has 0 fully saturated rings. The van der Waals surface area contributed by atoms with Crippen molar-refractivity contribution in [1.29, 1.82) is 0 Å². The van der Waals surface area contributed by atoms with Crippen molar-refractivity contribution in [3.8, 4) is 0 Å². The zero-order chi connectivity index (χ0) is 32.9. The Kier molecular flexibility index (Phi) is 26.0. The van der Waals surface area contributed by atoms with Gasteiger partial charge in [-0.25, -0.2) is 4.57 Å². The second kappa shape index (κ2) is 27.3. The van der Waals surface area contributed by atoms with Crippen LogP contribution >= 0.6 is 7.82 Å². The Labute approximate surface area is 267 Å². The molecule has 254 valence electrons. The molecule has 2 unspecified atom stereocenters. The molecule has 44 heavy (non-hydrogen) atoms. The van der Waals surface area contributed by atoms with Gasteiger partial charge in [0, 0.05) is 13.3 Å². The van der Waals surface area contributed by atoms with E-state index in [4.69, 9.17) is 18.5 Å². The van der Waals surface area contributed by atoms with Crippen molar-refractivity contribution in [2.45, 2.75) is 110 Å². The number of phosphoric ester groups is 1. The van der Waals surface area contributed by atoms with E-state index in [1.54, 1.807) is 0 Å². The molecule has 0 aromatic rings. The fourth-order valence-electron chi connectivity index (χ4n) is 3.91. The minimum Gasteiger partial charge on any atom is -0.462 e. The first-order chi connectivity index (χ1) is 20.9. The number of allylic oxidation sites excluding steroid dienone is 8. The Bertz CT molecular complexity index is 907. The maximum atomic E-state index is 12.3. The second-order valence-corrected chi connectivity index (χ2v) is 13.3. The monoisotopic (exact) mass is 642 g/mol. The van der Waals surface area contributed by atoms with Crippen LogP contribution in [0, 0.1) is 0 Å². The van der Waals surface area contributed by atoms with Crippen molar-refractivity contribution in [2.24, 2.45) is 0 Å². The predicted molar refractivity (Wildman–Crippen MR) is 178 cm³/mol. The quantitative estimate of drug-likeness (QED) is 0.0301. The minimum absolute atomic E-state index is 0.0255. The molecular weight excluding hydrogens is 581 g/mol. The Morgan fingerprint density at radius 1 is 0.750 bits per heavy atom. The van der Waals surface area contributed by atoms with Gasteiger partial charge in [-0.1, -0.05) is 94.1 Å². The van der Waals surface area contributed by atoms with Gasteiger partial charge < -0.3 is 18.9 Å². The zero-order valence-corrected chi connectivity index (χ0v) is 29.0. The Morgan fingerprint density at radius 2 is 1.27 bits per heavy atom. The number of carbonyl (C=O) groups is 2. The van der Waals surface area contributed by atoms with Crippen LogP contribution in [0.25, 0.3) is 0 Å². The molecule has 0 aliphatic rings. The SMILES string of the molecule is CC/C=C\C/C=C\C/C=C\C/C=C\CCCCCCCCCCC(=O)OC(COC(C)=O)COP(=O)(O)OCC[N+](C)(C)C. The third-order valence-corrected chi connectivity index (χ3v) is 7.42. The maximum absolute atomic E-state index is 12.3. The van der Waals surface area contributed by atoms with Gasteiger partial charge in [0.15, 0.2) is 6.10 Å². The van der Waals surface area contributed by atoms with Gasteiger partial charge in [0.05, 0.1) is 27.7 Å². The van der Waals surface area contributed by atoms with E-state index in [1.165, 1.54) is 32.6 Å². The van der Waals surface area contributed by atoms with E-state index in [-0.39, 0.29) is 19.6 Å². The molecule has 0 heterocycles. The molecule has 0 aromatic carbocycles. The van der Waals surface area contributed by atoms with E-state index in [1.807, 2.05) is 21.1 Å². The molecule has 0 aliphatic heterocycles. The number of esters is 2. The lowest BCUT2D eigenvalue weighted by Crippen LogP contribution is -2.37. The van der Waals surface area contributed by atoms with Crippen molar-refractivity contribution in [2.75, 3.05) is 47.5 Å². The Balaban J connectivity index is 3.94.